The van der Waals surface area contributed by atoms with E-state index in [1.807, 2.05) is 0 Å². The van der Waals surface area contributed by atoms with Crippen molar-refractivity contribution in [3.63, 3.8) is 0 Å². The van der Waals surface area contributed by atoms with Crippen LogP contribution >= 0.6 is 0 Å². The van der Waals surface area contributed by atoms with E-state index < -0.39 is 0 Å². The van der Waals surface area contributed by atoms with E-state index in [4.69, 9.17) is 5.73 Å². The number of nitrogens with zero attached hydrogens (tertiary/aromatic N) is 3. The first-order valence-corrected chi connectivity index (χ1v) is 4.87. The van der Waals surface area contributed by atoms with Crippen molar-refractivity contribution in [3.05, 3.63) is 41.1 Å². The van der Waals surface area contributed by atoms with E-state index in [0.717, 1.165) is 0 Å². The summed E-state index contributed by atoms with van der Waals surface area (Å²) in [6, 6.07) is 6.34. The minimum atomic E-state index is 0.457. The molecule has 0 amide bonds. The Hall–Kier alpha value is -1.84. The quantitative estimate of drug-likeness (QED) is 0.803. The predicted molar refractivity (Wildman–Crippen MR) is 59.5 cm³/mol. The van der Waals surface area contributed by atoms with Gasteiger partial charge in [0, 0.05) is 0 Å². The van der Waals surface area contributed by atoms with E-state index >= 15 is 0 Å². The summed E-state index contributed by atoms with van der Waals surface area (Å²) in [6.45, 7) is 4.87. The maximum absolute atomic E-state index is 5.49. The first-order valence-electron chi connectivity index (χ1n) is 4.87. The van der Waals surface area contributed by atoms with Crippen LogP contribution in [0.1, 0.15) is 16.7 Å². The molecule has 0 atom stereocenters. The van der Waals surface area contributed by atoms with Gasteiger partial charge in [0.15, 0.2) is 5.82 Å². The van der Waals surface area contributed by atoms with Gasteiger partial charge in [-0.1, -0.05) is 18.2 Å². The Morgan fingerprint density at radius 2 is 2.07 bits per heavy atom. The van der Waals surface area contributed by atoms with E-state index in [-0.39, 0.29) is 0 Å². The molecule has 2 rings (SSSR count). The summed E-state index contributed by atoms with van der Waals surface area (Å²) in [4.78, 5) is 1.60. The van der Waals surface area contributed by atoms with E-state index in [9.17, 15) is 0 Å². The van der Waals surface area contributed by atoms with Gasteiger partial charge in [0.05, 0.1) is 12.7 Å². The van der Waals surface area contributed by atoms with Gasteiger partial charge in [-0.15, -0.1) is 5.10 Å². The summed E-state index contributed by atoms with van der Waals surface area (Å²) in [5.41, 5.74) is 9.26. The van der Waals surface area contributed by atoms with Gasteiger partial charge < -0.3 is 5.73 Å². The highest BCUT2D eigenvalue weighted by atomic mass is 15.5. The Bertz CT molecular complexity index is 473. The van der Waals surface area contributed by atoms with Gasteiger partial charge in [-0.25, -0.2) is 0 Å². The van der Waals surface area contributed by atoms with Crippen LogP contribution in [0.3, 0.4) is 0 Å². The van der Waals surface area contributed by atoms with Crippen molar-refractivity contribution in [1.29, 1.82) is 0 Å². The molecule has 0 saturated heterocycles. The van der Waals surface area contributed by atoms with Gasteiger partial charge in [-0.2, -0.15) is 9.90 Å². The number of anilines is 1. The third-order valence-electron chi connectivity index (χ3n) is 2.45. The molecule has 2 N–H and O–H groups in total. The number of hydrogen-bond donors (Lipinski definition) is 1. The van der Waals surface area contributed by atoms with Crippen molar-refractivity contribution < 1.29 is 0 Å². The summed E-state index contributed by atoms with van der Waals surface area (Å²) >= 11 is 0. The minimum Gasteiger partial charge on any atom is -0.381 e. The Balaban J connectivity index is 2.21. The van der Waals surface area contributed by atoms with E-state index in [0.29, 0.717) is 12.4 Å². The average molecular weight is 202 g/mol. The molecule has 0 bridgehead atoms. The number of rotatable bonds is 2. The van der Waals surface area contributed by atoms with Crippen LogP contribution in [0.5, 0.6) is 0 Å². The van der Waals surface area contributed by atoms with Crippen LogP contribution < -0.4 is 5.73 Å². The second-order valence-corrected chi connectivity index (χ2v) is 3.72. The number of nitrogens with two attached hydrogens (primary N) is 1. The second kappa shape index (κ2) is 3.73. The Labute approximate surface area is 88.7 Å². The number of nitrogen functional groups attached to an aromatic ring is 1. The first kappa shape index (κ1) is 9.71. The highest BCUT2D eigenvalue weighted by Crippen LogP contribution is 2.10. The summed E-state index contributed by atoms with van der Waals surface area (Å²) in [5.74, 6) is 0.457. The van der Waals surface area contributed by atoms with Crippen LogP contribution in [0.4, 0.5) is 5.82 Å². The van der Waals surface area contributed by atoms with E-state index in [1.165, 1.54) is 16.7 Å². The summed E-state index contributed by atoms with van der Waals surface area (Å²) in [6.07, 6.45) is 1.56. The van der Waals surface area contributed by atoms with Crippen LogP contribution in [-0.2, 0) is 6.54 Å². The Kier molecular flexibility index (Phi) is 2.41. The molecule has 15 heavy (non-hydrogen) atoms. The summed E-state index contributed by atoms with van der Waals surface area (Å²) < 4.78 is 0. The molecule has 0 spiro atoms. The molecule has 1 aromatic heterocycles. The normalized spacial score (nSPS) is 10.5. The zero-order valence-corrected chi connectivity index (χ0v) is 8.94. The van der Waals surface area contributed by atoms with Crippen molar-refractivity contribution in [1.82, 2.24) is 15.0 Å². The fraction of sp³-hybridized carbons (Fsp3) is 0.273. The molecular formula is C11H14N4. The van der Waals surface area contributed by atoms with Gasteiger partial charge in [0.2, 0.25) is 0 Å². The van der Waals surface area contributed by atoms with Crippen molar-refractivity contribution >= 4 is 5.82 Å². The standard InChI is InChI=1S/C11H14N4/c1-8-3-4-10(5-9(8)2)7-15-13-6-11(12)14-15/h3-6H,7H2,1-2H3,(H2,12,14). The van der Waals surface area contributed by atoms with Crippen LogP contribution in [0, 0.1) is 13.8 Å². The van der Waals surface area contributed by atoms with Gasteiger partial charge in [0.25, 0.3) is 0 Å². The lowest BCUT2D eigenvalue weighted by atomic mass is 10.1. The van der Waals surface area contributed by atoms with Crippen LogP contribution in [0.2, 0.25) is 0 Å². The van der Waals surface area contributed by atoms with Crippen molar-refractivity contribution in [2.45, 2.75) is 20.4 Å². The molecule has 0 aliphatic rings. The Morgan fingerprint density at radius 1 is 1.27 bits per heavy atom. The molecule has 0 unspecified atom stereocenters. The zero-order chi connectivity index (χ0) is 10.8. The molecular weight excluding hydrogens is 188 g/mol. The number of hydrogen-bond acceptors (Lipinski definition) is 3. The first-order chi connectivity index (χ1) is 7.15. The minimum absolute atomic E-state index is 0.457. The molecule has 0 saturated carbocycles. The number of benzene rings is 1. The topological polar surface area (TPSA) is 56.7 Å². The predicted octanol–water partition coefficient (Wildman–Crippen LogP) is 1.53. The maximum atomic E-state index is 5.49. The SMILES string of the molecule is Cc1ccc(Cn2ncc(N)n2)cc1C. The number of aromatic nitrogens is 3. The largest absolute Gasteiger partial charge is 0.381 e. The van der Waals surface area contributed by atoms with Crippen molar-refractivity contribution in [2.24, 2.45) is 0 Å². The van der Waals surface area contributed by atoms with Crippen molar-refractivity contribution in [2.75, 3.05) is 5.73 Å². The lowest BCUT2D eigenvalue weighted by Crippen LogP contribution is -2.04. The van der Waals surface area contributed by atoms with Gasteiger partial charge in [-0.05, 0) is 30.5 Å². The van der Waals surface area contributed by atoms with E-state index in [2.05, 4.69) is 42.2 Å². The number of aryl methyl sites for hydroxylation is 2. The molecule has 1 heterocycles. The van der Waals surface area contributed by atoms with Crippen LogP contribution in [-0.4, -0.2) is 15.0 Å². The Morgan fingerprint density at radius 3 is 2.67 bits per heavy atom. The highest BCUT2D eigenvalue weighted by Gasteiger charge is 2.00. The van der Waals surface area contributed by atoms with Gasteiger partial charge in [-0.3, -0.25) is 0 Å². The van der Waals surface area contributed by atoms with E-state index in [1.54, 1.807) is 11.0 Å². The molecule has 4 heteroatoms. The highest BCUT2D eigenvalue weighted by molar-refractivity contribution is 5.30. The zero-order valence-electron chi connectivity index (χ0n) is 8.94. The molecule has 0 aliphatic heterocycles. The molecule has 4 nitrogen and oxygen atoms in total. The maximum Gasteiger partial charge on any atom is 0.165 e. The average Bonchev–Trinajstić information content (AvgIpc) is 2.58. The third-order valence-corrected chi connectivity index (χ3v) is 2.45. The molecule has 1 aromatic carbocycles. The molecule has 0 aliphatic carbocycles. The summed E-state index contributed by atoms with van der Waals surface area (Å²) in [5, 5.41) is 8.09. The third kappa shape index (κ3) is 2.15. The lowest BCUT2D eigenvalue weighted by molar-refractivity contribution is 0.593. The monoisotopic (exact) mass is 202 g/mol. The van der Waals surface area contributed by atoms with Crippen molar-refractivity contribution in [3.8, 4) is 0 Å². The van der Waals surface area contributed by atoms with Crippen LogP contribution in [0.15, 0.2) is 24.4 Å². The molecule has 2 aromatic rings. The van der Waals surface area contributed by atoms with Crippen LogP contribution in [0.25, 0.3) is 0 Å². The lowest BCUT2D eigenvalue weighted by Gasteiger charge is -2.04. The van der Waals surface area contributed by atoms with Gasteiger partial charge in [0.1, 0.15) is 0 Å². The molecule has 78 valence electrons. The van der Waals surface area contributed by atoms with Gasteiger partial charge >= 0.3 is 0 Å². The smallest absolute Gasteiger partial charge is 0.165 e. The summed E-state index contributed by atoms with van der Waals surface area (Å²) in [7, 11) is 0. The second-order valence-electron chi connectivity index (χ2n) is 3.72. The molecule has 0 radical (unpaired) electrons. The fourth-order valence-electron chi connectivity index (χ4n) is 1.45. The fourth-order valence-corrected chi connectivity index (χ4v) is 1.45. The molecule has 0 fully saturated rings.